The first-order valence-electron chi connectivity index (χ1n) is 8.56. The molecule has 1 atom stereocenters. The van der Waals surface area contributed by atoms with Gasteiger partial charge in [-0.1, -0.05) is 41.9 Å². The van der Waals surface area contributed by atoms with E-state index in [0.717, 1.165) is 5.01 Å². The number of ketones is 1. The van der Waals surface area contributed by atoms with E-state index in [9.17, 15) is 19.2 Å². The second-order valence-electron chi connectivity index (χ2n) is 6.25. The van der Waals surface area contributed by atoms with Gasteiger partial charge in [-0.05, 0) is 24.3 Å². The van der Waals surface area contributed by atoms with Crippen LogP contribution in [0.25, 0.3) is 0 Å². The molecule has 2 amide bonds. The van der Waals surface area contributed by atoms with Gasteiger partial charge in [0.15, 0.2) is 12.4 Å². The molecule has 8 heteroatoms. The van der Waals surface area contributed by atoms with Crippen LogP contribution in [0.1, 0.15) is 27.1 Å². The average Bonchev–Trinajstić information content (AvgIpc) is 3.07. The molecule has 1 aliphatic heterocycles. The maximum absolute atomic E-state index is 12.2. The number of nitrogens with zero attached hydrogens (tertiary/aromatic N) is 1. The molecule has 2 aromatic rings. The Bertz CT molecular complexity index is 899. The summed E-state index contributed by atoms with van der Waals surface area (Å²) >= 11 is 5.78. The molecule has 0 unspecified atom stereocenters. The number of ether oxygens (including phenoxy) is 1. The Labute approximate surface area is 166 Å². The Morgan fingerprint density at radius 1 is 1.04 bits per heavy atom. The van der Waals surface area contributed by atoms with Gasteiger partial charge in [0.2, 0.25) is 5.91 Å². The molecular formula is C20H17ClN2O5. The summed E-state index contributed by atoms with van der Waals surface area (Å²) in [5.41, 5.74) is 3.24. The lowest BCUT2D eigenvalue weighted by Crippen LogP contribution is -2.43. The number of nitrogens with one attached hydrogen (secondary N) is 1. The van der Waals surface area contributed by atoms with E-state index in [4.69, 9.17) is 16.3 Å². The van der Waals surface area contributed by atoms with Crippen LogP contribution in [0.4, 0.5) is 0 Å². The van der Waals surface area contributed by atoms with E-state index < -0.39 is 30.3 Å². The minimum absolute atomic E-state index is 0.0173. The van der Waals surface area contributed by atoms with E-state index in [1.807, 2.05) is 0 Å². The van der Waals surface area contributed by atoms with Gasteiger partial charge in [0.05, 0.1) is 12.5 Å². The zero-order chi connectivity index (χ0) is 20.1. The molecule has 7 nitrogen and oxygen atoms in total. The van der Waals surface area contributed by atoms with E-state index in [1.165, 1.54) is 12.1 Å². The first kappa shape index (κ1) is 19.6. The Kier molecular flexibility index (Phi) is 6.06. The maximum Gasteiger partial charge on any atom is 0.311 e. The topological polar surface area (TPSA) is 92.8 Å². The molecule has 1 heterocycles. The number of hydrazine groups is 1. The van der Waals surface area contributed by atoms with Gasteiger partial charge < -0.3 is 4.74 Å². The summed E-state index contributed by atoms with van der Waals surface area (Å²) in [6.45, 7) is -0.415. The predicted molar refractivity (Wildman–Crippen MR) is 100 cm³/mol. The molecule has 0 aliphatic carbocycles. The number of rotatable bonds is 6. The van der Waals surface area contributed by atoms with Gasteiger partial charge in [-0.25, -0.2) is 0 Å². The number of carbonyl (C=O) groups is 4. The molecule has 0 radical (unpaired) electrons. The van der Waals surface area contributed by atoms with Crippen LogP contribution in [0.15, 0.2) is 54.6 Å². The second-order valence-corrected chi connectivity index (χ2v) is 6.69. The SMILES string of the molecule is O=C(COC(=O)[C@H]1CC(=O)N(NC(=O)c2ccc(Cl)cc2)C1)c1ccccc1. The third kappa shape index (κ3) is 4.75. The average molecular weight is 401 g/mol. The van der Waals surface area contributed by atoms with Crippen molar-refractivity contribution in [3.8, 4) is 0 Å². The Balaban J connectivity index is 1.52. The largest absolute Gasteiger partial charge is 0.457 e. The summed E-state index contributed by atoms with van der Waals surface area (Å²) in [7, 11) is 0. The number of Topliss-reactive ketones (excluding diaryl/α,β-unsaturated/α-hetero) is 1. The van der Waals surface area contributed by atoms with Crippen LogP contribution >= 0.6 is 11.6 Å². The molecule has 0 saturated carbocycles. The van der Waals surface area contributed by atoms with Crippen molar-refractivity contribution in [2.75, 3.05) is 13.2 Å². The van der Waals surface area contributed by atoms with Crippen LogP contribution in [0, 0.1) is 5.92 Å². The first-order chi connectivity index (χ1) is 13.4. The molecule has 0 spiro atoms. The normalized spacial score (nSPS) is 16.0. The third-order valence-electron chi connectivity index (χ3n) is 4.24. The highest BCUT2D eigenvalue weighted by Crippen LogP contribution is 2.18. The van der Waals surface area contributed by atoms with Crippen LogP contribution in [0.2, 0.25) is 5.02 Å². The van der Waals surface area contributed by atoms with Gasteiger partial charge >= 0.3 is 5.97 Å². The quantitative estimate of drug-likeness (QED) is 0.593. The standard InChI is InChI=1S/C20H17ClN2O5/c21-16-8-6-14(7-9-16)19(26)22-23-11-15(10-18(23)25)20(27)28-12-17(24)13-4-2-1-3-5-13/h1-9,15H,10-12H2,(H,22,26)/t15-/m0/s1. The van der Waals surface area contributed by atoms with Gasteiger partial charge in [-0.3, -0.25) is 29.6 Å². The van der Waals surface area contributed by atoms with Crippen molar-refractivity contribution in [2.45, 2.75) is 6.42 Å². The fourth-order valence-corrected chi connectivity index (χ4v) is 2.85. The first-order valence-corrected chi connectivity index (χ1v) is 8.93. The molecule has 1 fully saturated rings. The number of hydrogen-bond donors (Lipinski definition) is 1. The number of hydrogen-bond acceptors (Lipinski definition) is 5. The summed E-state index contributed by atoms with van der Waals surface area (Å²) in [6.07, 6.45) is -0.0980. The van der Waals surface area contributed by atoms with Gasteiger partial charge in [0, 0.05) is 22.6 Å². The number of amides is 2. The Morgan fingerprint density at radius 2 is 1.71 bits per heavy atom. The maximum atomic E-state index is 12.2. The summed E-state index contributed by atoms with van der Waals surface area (Å²) in [6, 6.07) is 14.6. The smallest absolute Gasteiger partial charge is 0.311 e. The Hall–Kier alpha value is -3.19. The lowest BCUT2D eigenvalue weighted by atomic mass is 10.1. The van der Waals surface area contributed by atoms with Gasteiger partial charge in [-0.15, -0.1) is 0 Å². The molecular weight excluding hydrogens is 384 g/mol. The summed E-state index contributed by atoms with van der Waals surface area (Å²) in [5, 5.41) is 1.57. The summed E-state index contributed by atoms with van der Waals surface area (Å²) < 4.78 is 5.05. The lowest BCUT2D eigenvalue weighted by Gasteiger charge is -2.17. The highest BCUT2D eigenvalue weighted by Gasteiger charge is 2.36. The van der Waals surface area contributed by atoms with Crippen LogP contribution in [0.5, 0.6) is 0 Å². The zero-order valence-electron chi connectivity index (χ0n) is 14.8. The molecule has 1 N–H and O–H groups in total. The van der Waals surface area contributed by atoms with Gasteiger partial charge in [0.25, 0.3) is 5.91 Å². The number of esters is 1. The Morgan fingerprint density at radius 3 is 2.39 bits per heavy atom. The number of halogens is 1. The van der Waals surface area contributed by atoms with Gasteiger partial charge in [0.1, 0.15) is 0 Å². The molecule has 3 rings (SSSR count). The van der Waals surface area contributed by atoms with Crippen LogP contribution in [0.3, 0.4) is 0 Å². The monoisotopic (exact) mass is 400 g/mol. The molecule has 1 aliphatic rings. The summed E-state index contributed by atoms with van der Waals surface area (Å²) in [4.78, 5) is 48.5. The molecule has 0 bridgehead atoms. The fourth-order valence-electron chi connectivity index (χ4n) is 2.72. The molecule has 144 valence electrons. The van der Waals surface area contributed by atoms with Crippen LogP contribution in [-0.4, -0.2) is 41.7 Å². The molecule has 28 heavy (non-hydrogen) atoms. The van der Waals surface area contributed by atoms with Crippen molar-refractivity contribution < 1.29 is 23.9 Å². The van der Waals surface area contributed by atoms with Crippen molar-refractivity contribution in [3.05, 3.63) is 70.7 Å². The predicted octanol–water partition coefficient (Wildman–Crippen LogP) is 2.26. The molecule has 1 saturated heterocycles. The number of carbonyl (C=O) groups excluding carboxylic acids is 4. The minimum Gasteiger partial charge on any atom is -0.457 e. The van der Waals surface area contributed by atoms with Gasteiger partial charge in [-0.2, -0.15) is 0 Å². The van der Waals surface area contributed by atoms with E-state index in [0.29, 0.717) is 16.1 Å². The fraction of sp³-hybridized carbons (Fsp3) is 0.200. The lowest BCUT2D eigenvalue weighted by molar-refractivity contribution is -0.147. The van der Waals surface area contributed by atoms with Crippen molar-refractivity contribution >= 4 is 35.2 Å². The third-order valence-corrected chi connectivity index (χ3v) is 4.49. The van der Waals surface area contributed by atoms with Crippen molar-refractivity contribution in [2.24, 2.45) is 5.92 Å². The van der Waals surface area contributed by atoms with Crippen LogP contribution < -0.4 is 5.43 Å². The minimum atomic E-state index is -0.749. The zero-order valence-corrected chi connectivity index (χ0v) is 15.5. The van der Waals surface area contributed by atoms with E-state index in [1.54, 1.807) is 42.5 Å². The highest BCUT2D eigenvalue weighted by atomic mass is 35.5. The van der Waals surface area contributed by atoms with E-state index in [-0.39, 0.29) is 18.7 Å². The van der Waals surface area contributed by atoms with Crippen molar-refractivity contribution in [1.82, 2.24) is 10.4 Å². The summed E-state index contributed by atoms with van der Waals surface area (Å²) in [5.74, 6) is -2.62. The van der Waals surface area contributed by atoms with Crippen molar-refractivity contribution in [3.63, 3.8) is 0 Å². The van der Waals surface area contributed by atoms with Crippen LogP contribution in [-0.2, 0) is 14.3 Å². The van der Waals surface area contributed by atoms with E-state index in [2.05, 4.69) is 5.43 Å². The van der Waals surface area contributed by atoms with E-state index >= 15 is 0 Å². The van der Waals surface area contributed by atoms with Crippen molar-refractivity contribution in [1.29, 1.82) is 0 Å². The second kappa shape index (κ2) is 8.67. The number of benzene rings is 2. The highest BCUT2D eigenvalue weighted by molar-refractivity contribution is 6.30. The molecule has 2 aromatic carbocycles. The molecule has 0 aromatic heterocycles.